The van der Waals surface area contributed by atoms with Crippen LogP contribution in [0, 0.1) is 13.8 Å². The van der Waals surface area contributed by atoms with Gasteiger partial charge in [0.05, 0.1) is 11.8 Å². The normalized spacial score (nSPS) is 16.6. The summed E-state index contributed by atoms with van der Waals surface area (Å²) in [5.74, 6) is -0.264. The third-order valence-electron chi connectivity index (χ3n) is 5.03. The van der Waals surface area contributed by atoms with Gasteiger partial charge in [-0.1, -0.05) is 11.3 Å². The van der Waals surface area contributed by atoms with Gasteiger partial charge in [-0.25, -0.2) is 4.98 Å². The Morgan fingerprint density at radius 3 is 2.93 bits per heavy atom. The maximum atomic E-state index is 12.7. The van der Waals surface area contributed by atoms with Crippen molar-refractivity contribution in [2.24, 2.45) is 0 Å². The molecular formula is C19H22N6O3. The van der Waals surface area contributed by atoms with E-state index in [0.717, 1.165) is 36.3 Å². The third-order valence-corrected chi connectivity index (χ3v) is 5.03. The summed E-state index contributed by atoms with van der Waals surface area (Å²) in [4.78, 5) is 29.2. The van der Waals surface area contributed by atoms with Gasteiger partial charge >= 0.3 is 0 Å². The van der Waals surface area contributed by atoms with Gasteiger partial charge in [-0.05, 0) is 49.9 Å². The molecule has 4 rings (SSSR count). The SMILES string of the molecule is Cc1ccc(-n2nnc3c(=O)n(CC(=O)NCC4CCCO4)cnc32)cc1C. The minimum absolute atomic E-state index is 0.0548. The van der Waals surface area contributed by atoms with Crippen molar-refractivity contribution in [3.63, 3.8) is 0 Å². The summed E-state index contributed by atoms with van der Waals surface area (Å²) in [6.07, 6.45) is 3.36. The largest absolute Gasteiger partial charge is 0.376 e. The Bertz CT molecular complexity index is 1080. The molecule has 0 radical (unpaired) electrons. The number of hydrogen-bond acceptors (Lipinski definition) is 6. The molecule has 3 aromatic rings. The maximum absolute atomic E-state index is 12.7. The van der Waals surface area contributed by atoms with Crippen LogP contribution in [0.15, 0.2) is 29.3 Å². The molecule has 0 saturated carbocycles. The van der Waals surface area contributed by atoms with Crippen LogP contribution in [0.2, 0.25) is 0 Å². The number of benzene rings is 1. The summed E-state index contributed by atoms with van der Waals surface area (Å²) < 4.78 is 8.25. The highest BCUT2D eigenvalue weighted by molar-refractivity contribution is 5.76. The van der Waals surface area contributed by atoms with Crippen molar-refractivity contribution >= 4 is 17.1 Å². The Balaban J connectivity index is 1.55. The van der Waals surface area contributed by atoms with E-state index in [1.807, 2.05) is 32.0 Å². The van der Waals surface area contributed by atoms with E-state index >= 15 is 0 Å². The highest BCUT2D eigenvalue weighted by Gasteiger charge is 2.18. The molecule has 1 aliphatic heterocycles. The number of aromatic nitrogens is 5. The predicted octanol–water partition coefficient (Wildman–Crippen LogP) is 0.889. The first-order valence-corrected chi connectivity index (χ1v) is 9.29. The first kappa shape index (κ1) is 18.3. The summed E-state index contributed by atoms with van der Waals surface area (Å²) in [7, 11) is 0. The number of ether oxygens (including phenoxy) is 1. The van der Waals surface area contributed by atoms with Crippen molar-refractivity contribution in [3.8, 4) is 5.69 Å². The zero-order valence-corrected chi connectivity index (χ0v) is 15.9. The van der Waals surface area contributed by atoms with Crippen LogP contribution in [0.3, 0.4) is 0 Å². The van der Waals surface area contributed by atoms with Crippen LogP contribution in [-0.2, 0) is 16.1 Å². The topological polar surface area (TPSA) is 104 Å². The van der Waals surface area contributed by atoms with E-state index in [2.05, 4.69) is 20.6 Å². The monoisotopic (exact) mass is 382 g/mol. The molecule has 146 valence electrons. The fourth-order valence-corrected chi connectivity index (χ4v) is 3.23. The van der Waals surface area contributed by atoms with Gasteiger partial charge in [0.2, 0.25) is 5.91 Å². The van der Waals surface area contributed by atoms with Crippen LogP contribution in [0.1, 0.15) is 24.0 Å². The van der Waals surface area contributed by atoms with Crippen molar-refractivity contribution in [1.29, 1.82) is 0 Å². The molecule has 1 aromatic carbocycles. The summed E-state index contributed by atoms with van der Waals surface area (Å²) >= 11 is 0. The van der Waals surface area contributed by atoms with E-state index < -0.39 is 5.56 Å². The van der Waals surface area contributed by atoms with Crippen LogP contribution >= 0.6 is 0 Å². The van der Waals surface area contributed by atoms with Crippen LogP contribution in [0.5, 0.6) is 0 Å². The minimum atomic E-state index is -0.396. The number of fused-ring (bicyclic) bond motifs is 1. The van der Waals surface area contributed by atoms with E-state index in [1.165, 1.54) is 15.6 Å². The molecule has 1 fully saturated rings. The van der Waals surface area contributed by atoms with Gasteiger partial charge in [0.15, 0.2) is 11.2 Å². The lowest BCUT2D eigenvalue weighted by atomic mass is 10.1. The average molecular weight is 382 g/mol. The molecule has 9 heteroatoms. The molecule has 1 atom stereocenters. The van der Waals surface area contributed by atoms with Crippen LogP contribution < -0.4 is 10.9 Å². The first-order chi connectivity index (χ1) is 13.5. The third kappa shape index (κ3) is 3.53. The second kappa shape index (κ2) is 7.51. The molecule has 0 spiro atoms. The van der Waals surface area contributed by atoms with E-state index in [0.29, 0.717) is 12.2 Å². The lowest BCUT2D eigenvalue weighted by Gasteiger charge is -2.11. The van der Waals surface area contributed by atoms with Crippen LogP contribution in [-0.4, -0.2) is 49.7 Å². The molecule has 28 heavy (non-hydrogen) atoms. The molecule has 1 saturated heterocycles. The zero-order chi connectivity index (χ0) is 19.7. The number of carbonyl (C=O) groups is 1. The van der Waals surface area contributed by atoms with Gasteiger partial charge in [0.25, 0.3) is 5.56 Å². The molecular weight excluding hydrogens is 360 g/mol. The molecule has 0 bridgehead atoms. The number of aryl methyl sites for hydroxylation is 2. The molecule has 1 amide bonds. The fourth-order valence-electron chi connectivity index (χ4n) is 3.23. The van der Waals surface area contributed by atoms with Crippen molar-refractivity contribution in [2.75, 3.05) is 13.2 Å². The van der Waals surface area contributed by atoms with Gasteiger partial charge in [0, 0.05) is 13.2 Å². The highest BCUT2D eigenvalue weighted by Crippen LogP contribution is 2.16. The second-order valence-electron chi connectivity index (χ2n) is 7.06. The molecule has 0 aliphatic carbocycles. The zero-order valence-electron chi connectivity index (χ0n) is 15.9. The van der Waals surface area contributed by atoms with Crippen LogP contribution in [0.4, 0.5) is 0 Å². The summed E-state index contributed by atoms with van der Waals surface area (Å²) in [5.41, 5.74) is 3.16. The van der Waals surface area contributed by atoms with Crippen LogP contribution in [0.25, 0.3) is 16.9 Å². The molecule has 1 N–H and O–H groups in total. The summed E-state index contributed by atoms with van der Waals surface area (Å²) in [6, 6.07) is 5.86. The van der Waals surface area contributed by atoms with Gasteiger partial charge < -0.3 is 10.1 Å². The Morgan fingerprint density at radius 2 is 2.18 bits per heavy atom. The lowest BCUT2D eigenvalue weighted by Crippen LogP contribution is -2.36. The number of nitrogens with zero attached hydrogens (tertiary/aromatic N) is 5. The quantitative estimate of drug-likeness (QED) is 0.703. The minimum Gasteiger partial charge on any atom is -0.376 e. The number of hydrogen-bond donors (Lipinski definition) is 1. The highest BCUT2D eigenvalue weighted by atomic mass is 16.5. The molecule has 9 nitrogen and oxygen atoms in total. The average Bonchev–Trinajstić information content (AvgIpc) is 3.34. The van der Waals surface area contributed by atoms with Gasteiger partial charge in [0.1, 0.15) is 12.9 Å². The smallest absolute Gasteiger partial charge is 0.284 e. The maximum Gasteiger partial charge on any atom is 0.284 e. The Labute approximate surface area is 161 Å². The first-order valence-electron chi connectivity index (χ1n) is 9.29. The molecule has 2 aromatic heterocycles. The number of nitrogens with one attached hydrogen (secondary N) is 1. The lowest BCUT2D eigenvalue weighted by molar-refractivity contribution is -0.122. The molecule has 1 aliphatic rings. The van der Waals surface area contributed by atoms with E-state index in [4.69, 9.17) is 4.74 Å². The van der Waals surface area contributed by atoms with Crippen molar-refractivity contribution in [2.45, 2.75) is 39.3 Å². The van der Waals surface area contributed by atoms with Gasteiger partial charge in [-0.2, -0.15) is 4.68 Å². The number of rotatable bonds is 5. The van der Waals surface area contributed by atoms with Gasteiger partial charge in [-0.3, -0.25) is 14.2 Å². The molecule has 3 heterocycles. The summed E-state index contributed by atoms with van der Waals surface area (Å²) in [5, 5.41) is 10.9. The Morgan fingerprint density at radius 1 is 1.32 bits per heavy atom. The van der Waals surface area contributed by atoms with E-state index in [9.17, 15) is 9.59 Å². The second-order valence-corrected chi connectivity index (χ2v) is 7.06. The van der Waals surface area contributed by atoms with E-state index in [1.54, 1.807) is 0 Å². The number of carbonyl (C=O) groups excluding carboxylic acids is 1. The Kier molecular flexibility index (Phi) is 4.91. The standard InChI is InChI=1S/C19H22N6O3/c1-12-5-6-14(8-13(12)2)25-18-17(22-23-25)19(27)24(11-21-18)10-16(26)20-9-15-4-3-7-28-15/h5-6,8,11,15H,3-4,7,9-10H2,1-2H3,(H,20,26). The van der Waals surface area contributed by atoms with Gasteiger partial charge in [-0.15, -0.1) is 5.10 Å². The fraction of sp³-hybridized carbons (Fsp3) is 0.421. The summed E-state index contributed by atoms with van der Waals surface area (Å²) in [6.45, 7) is 5.10. The number of amides is 1. The van der Waals surface area contributed by atoms with Crippen molar-refractivity contribution in [1.82, 2.24) is 29.9 Å². The van der Waals surface area contributed by atoms with E-state index in [-0.39, 0.29) is 24.1 Å². The Hall–Kier alpha value is -3.07. The molecule has 1 unspecified atom stereocenters. The van der Waals surface area contributed by atoms with Crippen molar-refractivity contribution < 1.29 is 9.53 Å². The predicted molar refractivity (Wildman–Crippen MR) is 102 cm³/mol. The van der Waals surface area contributed by atoms with Crippen molar-refractivity contribution in [3.05, 3.63) is 46.0 Å².